The van der Waals surface area contributed by atoms with Crippen LogP contribution in [0.25, 0.3) is 0 Å². The zero-order valence-electron chi connectivity index (χ0n) is 16.2. The average Bonchev–Trinajstić information content (AvgIpc) is 2.66. The highest BCUT2D eigenvalue weighted by Gasteiger charge is 2.30. The van der Waals surface area contributed by atoms with Crippen LogP contribution in [0.1, 0.15) is 44.2 Å². The second-order valence-corrected chi connectivity index (χ2v) is 6.00. The molecular formula is C21H29NO5. The molecule has 0 spiro atoms. The molecule has 6 heteroatoms. The number of benzene rings is 1. The number of carbonyl (C=O) groups excluding carboxylic acids is 3. The molecule has 0 radical (unpaired) electrons. The van der Waals surface area contributed by atoms with Crippen LogP contribution in [-0.4, -0.2) is 37.1 Å². The zero-order chi connectivity index (χ0) is 20.1. The molecule has 0 fully saturated rings. The Kier molecular flexibility index (Phi) is 10.5. The highest BCUT2D eigenvalue weighted by Crippen LogP contribution is 2.10. The summed E-state index contributed by atoms with van der Waals surface area (Å²) >= 11 is 0. The molecule has 0 aliphatic rings. The predicted octanol–water partition coefficient (Wildman–Crippen LogP) is 2.74. The van der Waals surface area contributed by atoms with Gasteiger partial charge in [-0.25, -0.2) is 9.59 Å². The van der Waals surface area contributed by atoms with E-state index in [4.69, 9.17) is 9.47 Å². The van der Waals surface area contributed by atoms with Gasteiger partial charge < -0.3 is 14.8 Å². The van der Waals surface area contributed by atoms with E-state index < -0.39 is 23.9 Å². The van der Waals surface area contributed by atoms with Crippen molar-refractivity contribution in [1.82, 2.24) is 5.32 Å². The number of esters is 2. The lowest BCUT2D eigenvalue weighted by Gasteiger charge is -2.15. The number of nitrogens with one attached hydrogen (secondary N) is 1. The standard InChI is InChI=1S/C21H29NO5/c1-4-7-8-9-16-10-12-17(13-11-16)14-15-18(23)22-19(20(24)26-5-2)21(25)27-6-3/h4,10-13,19H,1,5-9,14-15H2,2-3H3,(H,22,23). The molecule has 0 aliphatic carbocycles. The third-order valence-corrected chi connectivity index (χ3v) is 3.89. The molecule has 1 rings (SSSR count). The van der Waals surface area contributed by atoms with Gasteiger partial charge in [0.25, 0.3) is 0 Å². The highest BCUT2D eigenvalue weighted by molar-refractivity contribution is 6.02. The van der Waals surface area contributed by atoms with E-state index >= 15 is 0 Å². The molecule has 0 unspecified atom stereocenters. The van der Waals surface area contributed by atoms with Crippen LogP contribution in [0, 0.1) is 0 Å². The van der Waals surface area contributed by atoms with E-state index in [1.165, 1.54) is 5.56 Å². The second-order valence-electron chi connectivity index (χ2n) is 6.00. The lowest BCUT2D eigenvalue weighted by molar-refractivity contribution is -0.159. The van der Waals surface area contributed by atoms with Crippen LogP contribution in [0.2, 0.25) is 0 Å². The maximum Gasteiger partial charge on any atom is 0.340 e. The van der Waals surface area contributed by atoms with Crippen LogP contribution in [0.5, 0.6) is 0 Å². The Morgan fingerprint density at radius 1 is 1.00 bits per heavy atom. The fourth-order valence-corrected chi connectivity index (χ4v) is 2.48. The molecule has 0 atom stereocenters. The van der Waals surface area contributed by atoms with Gasteiger partial charge in [-0.2, -0.15) is 0 Å². The van der Waals surface area contributed by atoms with Gasteiger partial charge in [0.2, 0.25) is 11.9 Å². The Morgan fingerprint density at radius 2 is 1.52 bits per heavy atom. The molecule has 0 aromatic heterocycles. The summed E-state index contributed by atoms with van der Waals surface area (Å²) in [7, 11) is 0. The molecule has 1 amide bonds. The number of amides is 1. The van der Waals surface area contributed by atoms with E-state index in [-0.39, 0.29) is 19.6 Å². The van der Waals surface area contributed by atoms with Crippen molar-refractivity contribution in [2.45, 2.75) is 52.0 Å². The van der Waals surface area contributed by atoms with Crippen molar-refractivity contribution in [2.75, 3.05) is 13.2 Å². The molecule has 1 N–H and O–H groups in total. The largest absolute Gasteiger partial charge is 0.464 e. The van der Waals surface area contributed by atoms with Crippen molar-refractivity contribution in [2.24, 2.45) is 0 Å². The number of carbonyl (C=O) groups is 3. The van der Waals surface area contributed by atoms with Crippen LogP contribution >= 0.6 is 0 Å². The smallest absolute Gasteiger partial charge is 0.340 e. The van der Waals surface area contributed by atoms with Gasteiger partial charge in [0.15, 0.2) is 0 Å². The van der Waals surface area contributed by atoms with Crippen LogP contribution in [-0.2, 0) is 36.7 Å². The number of unbranched alkanes of at least 4 members (excludes halogenated alkanes) is 1. The van der Waals surface area contributed by atoms with Crippen LogP contribution in [0.15, 0.2) is 36.9 Å². The zero-order valence-corrected chi connectivity index (χ0v) is 16.2. The number of hydrogen-bond acceptors (Lipinski definition) is 5. The van der Waals surface area contributed by atoms with Gasteiger partial charge in [0, 0.05) is 6.42 Å². The number of allylic oxidation sites excluding steroid dienone is 1. The van der Waals surface area contributed by atoms with Gasteiger partial charge in [-0.15, -0.1) is 6.58 Å². The van der Waals surface area contributed by atoms with E-state index in [9.17, 15) is 14.4 Å². The molecule has 1 aromatic carbocycles. The van der Waals surface area contributed by atoms with Crippen LogP contribution in [0.3, 0.4) is 0 Å². The lowest BCUT2D eigenvalue weighted by atomic mass is 10.0. The summed E-state index contributed by atoms with van der Waals surface area (Å²) in [5.41, 5.74) is 2.26. The van der Waals surface area contributed by atoms with Gasteiger partial charge in [-0.1, -0.05) is 30.3 Å². The number of ether oxygens (including phenoxy) is 2. The average molecular weight is 375 g/mol. The first-order chi connectivity index (χ1) is 13.0. The van der Waals surface area contributed by atoms with Crippen molar-refractivity contribution in [3.8, 4) is 0 Å². The molecule has 0 aliphatic heterocycles. The molecule has 27 heavy (non-hydrogen) atoms. The van der Waals surface area contributed by atoms with Gasteiger partial charge in [0.1, 0.15) is 0 Å². The molecule has 6 nitrogen and oxygen atoms in total. The lowest BCUT2D eigenvalue weighted by Crippen LogP contribution is -2.48. The summed E-state index contributed by atoms with van der Waals surface area (Å²) in [5, 5.41) is 2.40. The Labute approximate surface area is 160 Å². The topological polar surface area (TPSA) is 81.7 Å². The fourth-order valence-electron chi connectivity index (χ4n) is 2.48. The fraction of sp³-hybridized carbons (Fsp3) is 0.476. The second kappa shape index (κ2) is 12.7. The van der Waals surface area contributed by atoms with Gasteiger partial charge in [-0.05, 0) is 50.7 Å². The van der Waals surface area contributed by atoms with E-state index in [0.717, 1.165) is 24.8 Å². The minimum absolute atomic E-state index is 0.115. The van der Waals surface area contributed by atoms with E-state index in [1.807, 2.05) is 18.2 Å². The van der Waals surface area contributed by atoms with Crippen molar-refractivity contribution < 1.29 is 23.9 Å². The summed E-state index contributed by atoms with van der Waals surface area (Å²) in [6, 6.07) is 6.66. The first-order valence-electron chi connectivity index (χ1n) is 9.33. The Hall–Kier alpha value is -2.63. The Balaban J connectivity index is 2.54. The third-order valence-electron chi connectivity index (χ3n) is 3.89. The molecular weight excluding hydrogens is 346 g/mol. The minimum Gasteiger partial charge on any atom is -0.464 e. The van der Waals surface area contributed by atoms with Gasteiger partial charge in [0.05, 0.1) is 13.2 Å². The van der Waals surface area contributed by atoms with Crippen molar-refractivity contribution in [3.05, 3.63) is 48.0 Å². The number of aryl methyl sites for hydroxylation is 2. The van der Waals surface area contributed by atoms with E-state index in [1.54, 1.807) is 13.8 Å². The van der Waals surface area contributed by atoms with Crippen molar-refractivity contribution in [1.29, 1.82) is 0 Å². The van der Waals surface area contributed by atoms with Crippen molar-refractivity contribution in [3.63, 3.8) is 0 Å². The van der Waals surface area contributed by atoms with Gasteiger partial charge >= 0.3 is 11.9 Å². The van der Waals surface area contributed by atoms with E-state index in [2.05, 4.69) is 24.0 Å². The summed E-state index contributed by atoms with van der Waals surface area (Å²) in [6.07, 6.45) is 5.63. The van der Waals surface area contributed by atoms with Gasteiger partial charge in [-0.3, -0.25) is 4.79 Å². The van der Waals surface area contributed by atoms with Crippen LogP contribution < -0.4 is 5.32 Å². The molecule has 0 bridgehead atoms. The molecule has 0 saturated heterocycles. The van der Waals surface area contributed by atoms with Crippen molar-refractivity contribution >= 4 is 17.8 Å². The summed E-state index contributed by atoms with van der Waals surface area (Å²) < 4.78 is 9.66. The monoisotopic (exact) mass is 375 g/mol. The molecule has 1 aromatic rings. The Bertz CT molecular complexity index is 606. The number of rotatable bonds is 12. The quantitative estimate of drug-likeness (QED) is 0.263. The maximum absolute atomic E-state index is 12.1. The number of hydrogen-bond donors (Lipinski definition) is 1. The predicted molar refractivity (Wildman–Crippen MR) is 103 cm³/mol. The summed E-state index contributed by atoms with van der Waals surface area (Å²) in [5.74, 6) is -2.03. The first-order valence-corrected chi connectivity index (χ1v) is 9.33. The molecule has 0 saturated carbocycles. The summed E-state index contributed by atoms with van der Waals surface area (Å²) in [4.78, 5) is 35.9. The Morgan fingerprint density at radius 3 is 2.00 bits per heavy atom. The highest BCUT2D eigenvalue weighted by atomic mass is 16.6. The molecule has 148 valence electrons. The third kappa shape index (κ3) is 8.53. The normalized spacial score (nSPS) is 10.3. The maximum atomic E-state index is 12.1. The minimum atomic E-state index is -1.43. The van der Waals surface area contributed by atoms with E-state index in [0.29, 0.717) is 6.42 Å². The first kappa shape index (κ1) is 22.4. The van der Waals surface area contributed by atoms with Crippen LogP contribution in [0.4, 0.5) is 0 Å². The molecule has 0 heterocycles. The summed E-state index contributed by atoms with van der Waals surface area (Å²) in [6.45, 7) is 7.20. The SMILES string of the molecule is C=CCCCc1ccc(CCC(=O)NC(C(=O)OCC)C(=O)OCC)cc1.